The number of benzene rings is 8. The lowest BCUT2D eigenvalue weighted by Crippen LogP contribution is -2.10. The Labute approximate surface area is 299 Å². The molecular formula is C50H39N. The van der Waals surface area contributed by atoms with Crippen molar-refractivity contribution in [2.24, 2.45) is 0 Å². The van der Waals surface area contributed by atoms with Crippen molar-refractivity contribution in [3.05, 3.63) is 163 Å². The Morgan fingerprint density at radius 3 is 1.47 bits per heavy atom. The van der Waals surface area contributed by atoms with Crippen molar-refractivity contribution in [3.63, 3.8) is 0 Å². The van der Waals surface area contributed by atoms with Crippen molar-refractivity contribution in [1.82, 2.24) is 0 Å². The minimum Gasteiger partial charge on any atom is -0.310 e. The average Bonchev–Trinajstić information content (AvgIpc) is 3.67. The van der Waals surface area contributed by atoms with E-state index in [1.54, 1.807) is 0 Å². The molecule has 0 aliphatic heterocycles. The Bertz CT molecular complexity index is 2820. The second-order valence-corrected chi connectivity index (χ2v) is 14.9. The van der Waals surface area contributed by atoms with Gasteiger partial charge in [-0.05, 0) is 135 Å². The summed E-state index contributed by atoms with van der Waals surface area (Å²) in [5.74, 6) is 0.941. The van der Waals surface area contributed by atoms with Gasteiger partial charge in [-0.3, -0.25) is 0 Å². The zero-order valence-corrected chi connectivity index (χ0v) is 29.5. The minimum absolute atomic E-state index is 0.471. The van der Waals surface area contributed by atoms with Gasteiger partial charge in [0.15, 0.2) is 0 Å². The molecule has 1 nitrogen and oxygen atoms in total. The Morgan fingerprint density at radius 1 is 0.353 bits per heavy atom. The Morgan fingerprint density at radius 2 is 0.863 bits per heavy atom. The van der Waals surface area contributed by atoms with Gasteiger partial charge in [-0.1, -0.05) is 143 Å². The molecular weight excluding hydrogens is 615 g/mol. The summed E-state index contributed by atoms with van der Waals surface area (Å²) in [5, 5.41) is 16.0. The van der Waals surface area contributed by atoms with Crippen molar-refractivity contribution < 1.29 is 0 Å². The summed E-state index contributed by atoms with van der Waals surface area (Å²) in [7, 11) is 0. The van der Waals surface area contributed by atoms with Crippen LogP contribution in [-0.2, 0) is 0 Å². The van der Waals surface area contributed by atoms with Gasteiger partial charge in [0.1, 0.15) is 0 Å². The van der Waals surface area contributed by atoms with E-state index >= 15 is 0 Å². The first-order valence-electron chi connectivity index (χ1n) is 18.3. The fourth-order valence-corrected chi connectivity index (χ4v) is 8.81. The molecule has 0 unspecified atom stereocenters. The fraction of sp³-hybridized carbons (Fsp3) is 0.120. The number of fused-ring (bicyclic) bond motifs is 7. The van der Waals surface area contributed by atoms with E-state index in [1.165, 1.54) is 92.6 Å². The molecule has 0 aromatic heterocycles. The molecule has 0 heterocycles. The van der Waals surface area contributed by atoms with Crippen LogP contribution in [0.5, 0.6) is 0 Å². The maximum absolute atomic E-state index is 2.48. The Kier molecular flexibility index (Phi) is 6.64. The third-order valence-electron chi connectivity index (χ3n) is 11.3. The number of hydrogen-bond acceptors (Lipinski definition) is 1. The SMILES string of the molecule is CC(C)c1ccc(N(c2ccc(C(C)C)cc2)c2cc3c(-c4ccccc4)c4c5cccc6cccc(c65)c4c4c5ccccc5c(c2)c34)cc1. The second-order valence-electron chi connectivity index (χ2n) is 14.9. The van der Waals surface area contributed by atoms with Crippen LogP contribution in [0.15, 0.2) is 152 Å². The second kappa shape index (κ2) is 11.3. The summed E-state index contributed by atoms with van der Waals surface area (Å²) in [6.45, 7) is 9.06. The van der Waals surface area contributed by atoms with E-state index in [1.807, 2.05) is 0 Å². The molecule has 10 aromatic rings. The van der Waals surface area contributed by atoms with Crippen molar-refractivity contribution in [1.29, 1.82) is 0 Å². The quantitative estimate of drug-likeness (QED) is 0.173. The molecule has 0 aliphatic carbocycles. The molecule has 0 saturated heterocycles. The van der Waals surface area contributed by atoms with Crippen molar-refractivity contribution in [2.75, 3.05) is 4.90 Å². The van der Waals surface area contributed by atoms with Crippen LogP contribution in [0.25, 0.3) is 75.8 Å². The number of hydrogen-bond donors (Lipinski definition) is 0. The first-order chi connectivity index (χ1) is 25.0. The highest BCUT2D eigenvalue weighted by Gasteiger charge is 2.26. The van der Waals surface area contributed by atoms with E-state index in [2.05, 4.69) is 184 Å². The standard InChI is InChI=1S/C50H39N/c1-30(2)32-20-24-36(25-21-32)51(37-26-22-33(23-27-37)31(3)4)38-28-43-39-16-8-9-17-40(39)48-47(43)44(29-38)46(35-12-6-5-7-13-35)49-41-18-10-14-34-15-11-19-42(45(34)41)50(48)49/h5-31H,1-4H3. The first-order valence-corrected chi connectivity index (χ1v) is 18.3. The molecule has 1 heteroatoms. The van der Waals surface area contributed by atoms with Crippen molar-refractivity contribution in [2.45, 2.75) is 39.5 Å². The van der Waals surface area contributed by atoms with E-state index < -0.39 is 0 Å². The Hall–Kier alpha value is -5.92. The lowest BCUT2D eigenvalue weighted by Gasteiger charge is -2.27. The van der Waals surface area contributed by atoms with Crippen LogP contribution in [0.3, 0.4) is 0 Å². The summed E-state index contributed by atoms with van der Waals surface area (Å²) in [6.07, 6.45) is 0. The van der Waals surface area contributed by atoms with Gasteiger partial charge in [0.25, 0.3) is 0 Å². The maximum atomic E-state index is 2.48. The lowest BCUT2D eigenvalue weighted by molar-refractivity contribution is 0.866. The smallest absolute Gasteiger partial charge is 0.0474 e. The topological polar surface area (TPSA) is 3.24 Å². The molecule has 0 N–H and O–H groups in total. The highest BCUT2D eigenvalue weighted by atomic mass is 15.1. The first kappa shape index (κ1) is 29.9. The lowest BCUT2D eigenvalue weighted by atomic mass is 9.90. The molecule has 10 aromatic carbocycles. The molecule has 0 atom stereocenters. The average molecular weight is 654 g/mol. The van der Waals surface area contributed by atoms with Gasteiger partial charge in [0.2, 0.25) is 0 Å². The molecule has 0 spiro atoms. The van der Waals surface area contributed by atoms with E-state index in [-0.39, 0.29) is 0 Å². The summed E-state index contributed by atoms with van der Waals surface area (Å²) in [6, 6.07) is 57.1. The van der Waals surface area contributed by atoms with Gasteiger partial charge in [0.05, 0.1) is 0 Å². The number of nitrogens with zero attached hydrogens (tertiary/aromatic N) is 1. The van der Waals surface area contributed by atoms with Crippen LogP contribution in [0, 0.1) is 0 Å². The van der Waals surface area contributed by atoms with Crippen molar-refractivity contribution in [3.8, 4) is 11.1 Å². The molecule has 51 heavy (non-hydrogen) atoms. The van der Waals surface area contributed by atoms with Gasteiger partial charge in [-0.15, -0.1) is 0 Å². The molecule has 0 aliphatic rings. The summed E-state index contributed by atoms with van der Waals surface area (Å²) >= 11 is 0. The molecule has 0 saturated carbocycles. The van der Waals surface area contributed by atoms with E-state index in [0.29, 0.717) is 11.8 Å². The molecule has 0 bridgehead atoms. The van der Waals surface area contributed by atoms with Crippen LogP contribution in [0.4, 0.5) is 17.1 Å². The molecule has 244 valence electrons. The van der Waals surface area contributed by atoms with Crippen LogP contribution < -0.4 is 4.90 Å². The monoisotopic (exact) mass is 653 g/mol. The van der Waals surface area contributed by atoms with Gasteiger partial charge in [-0.2, -0.15) is 0 Å². The Balaban J connectivity index is 1.40. The summed E-state index contributed by atoms with van der Waals surface area (Å²) in [4.78, 5) is 2.46. The summed E-state index contributed by atoms with van der Waals surface area (Å²) in [5.41, 5.74) is 8.75. The predicted molar refractivity (Wildman–Crippen MR) is 222 cm³/mol. The van der Waals surface area contributed by atoms with Crippen LogP contribution >= 0.6 is 0 Å². The largest absolute Gasteiger partial charge is 0.310 e. The van der Waals surface area contributed by atoms with Crippen LogP contribution in [0.1, 0.15) is 50.7 Å². The van der Waals surface area contributed by atoms with Crippen LogP contribution in [0.2, 0.25) is 0 Å². The van der Waals surface area contributed by atoms with E-state index in [9.17, 15) is 0 Å². The van der Waals surface area contributed by atoms with Gasteiger partial charge in [0, 0.05) is 17.1 Å². The third-order valence-corrected chi connectivity index (χ3v) is 11.3. The van der Waals surface area contributed by atoms with E-state index in [0.717, 1.165) is 11.4 Å². The number of anilines is 3. The predicted octanol–water partition coefficient (Wildman–Crippen LogP) is 14.9. The molecule has 0 amide bonds. The molecule has 10 rings (SSSR count). The van der Waals surface area contributed by atoms with E-state index in [4.69, 9.17) is 0 Å². The molecule has 0 radical (unpaired) electrons. The highest BCUT2D eigenvalue weighted by molar-refractivity contribution is 6.48. The molecule has 0 fully saturated rings. The summed E-state index contributed by atoms with van der Waals surface area (Å²) < 4.78 is 0. The maximum Gasteiger partial charge on any atom is 0.0474 e. The zero-order chi connectivity index (χ0) is 34.4. The van der Waals surface area contributed by atoms with Crippen molar-refractivity contribution >= 4 is 81.7 Å². The number of rotatable bonds is 6. The highest BCUT2D eigenvalue weighted by Crippen LogP contribution is 2.54. The normalized spacial score (nSPS) is 12.3. The van der Waals surface area contributed by atoms with Gasteiger partial charge < -0.3 is 4.90 Å². The van der Waals surface area contributed by atoms with Gasteiger partial charge in [-0.25, -0.2) is 0 Å². The minimum atomic E-state index is 0.471. The zero-order valence-electron chi connectivity index (χ0n) is 29.5. The van der Waals surface area contributed by atoms with Crippen LogP contribution in [-0.4, -0.2) is 0 Å². The fourth-order valence-electron chi connectivity index (χ4n) is 8.81. The third kappa shape index (κ3) is 4.41. The van der Waals surface area contributed by atoms with Gasteiger partial charge >= 0.3 is 0 Å².